The minimum Gasteiger partial charge on any atom is -0.269 e. The lowest BCUT2D eigenvalue weighted by atomic mass is 10.2. The molecule has 0 aliphatic rings. The van der Waals surface area contributed by atoms with E-state index in [1.165, 1.54) is 11.3 Å². The molecule has 2 aromatic heterocycles. The Hall–Kier alpha value is -1.30. The molecule has 0 spiro atoms. The van der Waals surface area contributed by atoms with Crippen LogP contribution in [0.3, 0.4) is 0 Å². The second kappa shape index (κ2) is 4.76. The van der Waals surface area contributed by atoms with Gasteiger partial charge < -0.3 is 0 Å². The third-order valence-electron chi connectivity index (χ3n) is 2.82. The molecular formula is C12H11BrF2N2O. The molecule has 0 aromatic carbocycles. The van der Waals surface area contributed by atoms with Gasteiger partial charge in [-0.1, -0.05) is 6.92 Å². The molecule has 3 nitrogen and oxygen atoms in total. The zero-order valence-corrected chi connectivity index (χ0v) is 11.5. The van der Waals surface area contributed by atoms with Gasteiger partial charge in [0, 0.05) is 16.2 Å². The molecule has 0 aliphatic carbocycles. The van der Waals surface area contributed by atoms with Gasteiger partial charge in [0.2, 0.25) is 0 Å². The molecule has 6 heteroatoms. The molecule has 2 aromatic rings. The van der Waals surface area contributed by atoms with Crippen molar-refractivity contribution >= 4 is 21.6 Å². The summed E-state index contributed by atoms with van der Waals surface area (Å²) >= 11 is 3.29. The highest BCUT2D eigenvalue weighted by Crippen LogP contribution is 2.22. The van der Waals surface area contributed by atoms with Crippen molar-refractivity contribution in [2.75, 3.05) is 0 Å². The van der Waals surface area contributed by atoms with E-state index in [4.69, 9.17) is 0 Å². The van der Waals surface area contributed by atoms with Crippen LogP contribution in [-0.4, -0.2) is 9.38 Å². The maximum atomic E-state index is 12.8. The monoisotopic (exact) mass is 316 g/mol. The number of alkyl halides is 2. The number of rotatable bonds is 2. The van der Waals surface area contributed by atoms with Gasteiger partial charge in [-0.3, -0.25) is 9.20 Å². The largest absolute Gasteiger partial charge is 0.280 e. The fraction of sp³-hybridized carbons (Fsp3) is 0.333. The van der Waals surface area contributed by atoms with E-state index in [1.807, 2.05) is 6.92 Å². The lowest BCUT2D eigenvalue weighted by molar-refractivity contribution is 0.145. The van der Waals surface area contributed by atoms with Gasteiger partial charge in [-0.05, 0) is 40.9 Å². The van der Waals surface area contributed by atoms with Crippen LogP contribution in [0.15, 0.2) is 21.5 Å². The minimum atomic E-state index is -2.74. The van der Waals surface area contributed by atoms with Crippen LogP contribution < -0.4 is 5.56 Å². The summed E-state index contributed by atoms with van der Waals surface area (Å²) in [4.78, 5) is 16.0. The zero-order valence-electron chi connectivity index (χ0n) is 9.88. The standard InChI is InChI=1S/C12H11BrF2N2O/c1-3-7-4-8(13)5-17-11(7)16-9(10(14)15)6(2)12(17)18/h4-5,10H,3H2,1-2H3. The van der Waals surface area contributed by atoms with E-state index in [9.17, 15) is 13.6 Å². The summed E-state index contributed by atoms with van der Waals surface area (Å²) in [6.45, 7) is 3.26. The summed E-state index contributed by atoms with van der Waals surface area (Å²) in [7, 11) is 0. The molecule has 0 N–H and O–H groups in total. The van der Waals surface area contributed by atoms with E-state index in [2.05, 4.69) is 20.9 Å². The molecule has 0 radical (unpaired) electrons. The molecule has 96 valence electrons. The zero-order chi connectivity index (χ0) is 13.4. The first kappa shape index (κ1) is 13.1. The predicted molar refractivity (Wildman–Crippen MR) is 68.2 cm³/mol. The van der Waals surface area contributed by atoms with Crippen LogP contribution in [0.2, 0.25) is 0 Å². The van der Waals surface area contributed by atoms with Gasteiger partial charge in [-0.15, -0.1) is 0 Å². The van der Waals surface area contributed by atoms with Crippen molar-refractivity contribution in [1.82, 2.24) is 9.38 Å². The number of nitrogens with zero attached hydrogens (tertiary/aromatic N) is 2. The first-order valence-electron chi connectivity index (χ1n) is 5.45. The number of halogens is 3. The second-order valence-corrected chi connectivity index (χ2v) is 4.87. The van der Waals surface area contributed by atoms with Gasteiger partial charge in [0.15, 0.2) is 0 Å². The summed E-state index contributed by atoms with van der Waals surface area (Å²) in [6, 6.07) is 1.78. The van der Waals surface area contributed by atoms with Crippen LogP contribution in [-0.2, 0) is 6.42 Å². The van der Waals surface area contributed by atoms with Crippen molar-refractivity contribution in [3.05, 3.63) is 43.9 Å². The lowest BCUT2D eigenvalue weighted by Gasteiger charge is -2.10. The van der Waals surface area contributed by atoms with E-state index < -0.39 is 17.7 Å². The van der Waals surface area contributed by atoms with Gasteiger partial charge in [-0.25, -0.2) is 13.8 Å². The molecule has 0 fully saturated rings. The van der Waals surface area contributed by atoms with Crippen molar-refractivity contribution in [3.63, 3.8) is 0 Å². The van der Waals surface area contributed by atoms with E-state index in [-0.39, 0.29) is 5.56 Å². The molecular weight excluding hydrogens is 306 g/mol. The van der Waals surface area contributed by atoms with Crippen LogP contribution in [0, 0.1) is 6.92 Å². The van der Waals surface area contributed by atoms with Crippen molar-refractivity contribution in [2.45, 2.75) is 26.7 Å². The Balaban J connectivity index is 2.95. The van der Waals surface area contributed by atoms with Crippen molar-refractivity contribution in [3.8, 4) is 0 Å². The third kappa shape index (κ3) is 2.05. The number of aryl methyl sites for hydroxylation is 1. The number of aromatic nitrogens is 2. The Kier molecular flexibility index (Phi) is 3.47. The fourth-order valence-electron chi connectivity index (χ4n) is 1.85. The van der Waals surface area contributed by atoms with Crippen molar-refractivity contribution in [2.24, 2.45) is 0 Å². The van der Waals surface area contributed by atoms with Crippen LogP contribution in [0.1, 0.15) is 30.2 Å². The molecule has 0 unspecified atom stereocenters. The van der Waals surface area contributed by atoms with E-state index >= 15 is 0 Å². The molecule has 0 saturated heterocycles. The summed E-state index contributed by atoms with van der Waals surface area (Å²) in [6.07, 6.45) is -0.580. The molecule has 0 amide bonds. The maximum Gasteiger partial charge on any atom is 0.280 e. The molecule has 18 heavy (non-hydrogen) atoms. The topological polar surface area (TPSA) is 34.4 Å². The summed E-state index contributed by atoms with van der Waals surface area (Å²) in [5.74, 6) is 0. The molecule has 0 saturated carbocycles. The third-order valence-corrected chi connectivity index (χ3v) is 3.25. The highest BCUT2D eigenvalue weighted by molar-refractivity contribution is 9.10. The summed E-state index contributed by atoms with van der Waals surface area (Å²) in [5.41, 5.74) is 0.154. The van der Waals surface area contributed by atoms with Crippen LogP contribution >= 0.6 is 15.9 Å². The number of pyridine rings is 1. The Labute approximate surface area is 111 Å². The number of hydrogen-bond donors (Lipinski definition) is 0. The SMILES string of the molecule is CCc1cc(Br)cn2c(=O)c(C)c(C(F)F)nc12. The smallest absolute Gasteiger partial charge is 0.269 e. The summed E-state index contributed by atoms with van der Waals surface area (Å²) in [5, 5.41) is 0. The molecule has 0 bridgehead atoms. The average Bonchev–Trinajstić information content (AvgIpc) is 2.32. The highest BCUT2D eigenvalue weighted by atomic mass is 79.9. The van der Waals surface area contributed by atoms with E-state index in [1.54, 1.807) is 12.3 Å². The van der Waals surface area contributed by atoms with Crippen molar-refractivity contribution < 1.29 is 8.78 Å². The Morgan fingerprint density at radius 2 is 2.17 bits per heavy atom. The van der Waals surface area contributed by atoms with E-state index in [0.717, 1.165) is 10.0 Å². The van der Waals surface area contributed by atoms with Crippen LogP contribution in [0.4, 0.5) is 8.78 Å². The normalized spacial score (nSPS) is 11.4. The van der Waals surface area contributed by atoms with Gasteiger partial charge in [0.1, 0.15) is 11.3 Å². The Morgan fingerprint density at radius 3 is 2.72 bits per heavy atom. The van der Waals surface area contributed by atoms with E-state index in [0.29, 0.717) is 12.1 Å². The Morgan fingerprint density at radius 1 is 1.50 bits per heavy atom. The van der Waals surface area contributed by atoms with Gasteiger partial charge in [-0.2, -0.15) is 0 Å². The number of hydrogen-bond acceptors (Lipinski definition) is 2. The van der Waals surface area contributed by atoms with Crippen molar-refractivity contribution in [1.29, 1.82) is 0 Å². The molecule has 2 heterocycles. The summed E-state index contributed by atoms with van der Waals surface area (Å²) < 4.78 is 27.7. The first-order valence-corrected chi connectivity index (χ1v) is 6.24. The maximum absolute atomic E-state index is 12.8. The first-order chi connectivity index (χ1) is 8.45. The lowest BCUT2D eigenvalue weighted by Crippen LogP contribution is -2.21. The second-order valence-electron chi connectivity index (χ2n) is 3.96. The predicted octanol–water partition coefficient (Wildman–Crippen LogP) is 3.27. The van der Waals surface area contributed by atoms with Crippen LogP contribution in [0.5, 0.6) is 0 Å². The minimum absolute atomic E-state index is 0.0114. The van der Waals surface area contributed by atoms with Gasteiger partial charge >= 0.3 is 0 Å². The Bertz CT molecular complexity index is 667. The highest BCUT2D eigenvalue weighted by Gasteiger charge is 2.18. The molecule has 0 aliphatic heterocycles. The quantitative estimate of drug-likeness (QED) is 0.852. The van der Waals surface area contributed by atoms with Crippen LogP contribution in [0.25, 0.3) is 5.65 Å². The van der Waals surface area contributed by atoms with Gasteiger partial charge in [0.05, 0.1) is 0 Å². The number of fused-ring (bicyclic) bond motifs is 1. The molecule has 0 atom stereocenters. The average molecular weight is 317 g/mol. The van der Waals surface area contributed by atoms with Gasteiger partial charge in [0.25, 0.3) is 12.0 Å². The fourth-order valence-corrected chi connectivity index (χ4v) is 2.33. The molecule has 2 rings (SSSR count).